The minimum atomic E-state index is -1.52. The van der Waals surface area contributed by atoms with Crippen molar-refractivity contribution in [3.8, 4) is 0 Å². The number of rotatable bonds is 11. The molecule has 1 fully saturated rings. The molecule has 0 spiro atoms. The first-order valence-corrected chi connectivity index (χ1v) is 10.8. The van der Waals surface area contributed by atoms with Crippen LogP contribution in [-0.2, 0) is 19.1 Å². The van der Waals surface area contributed by atoms with Gasteiger partial charge in [0, 0.05) is 12.0 Å². The van der Waals surface area contributed by atoms with Crippen molar-refractivity contribution in [3.05, 3.63) is 12.2 Å². The summed E-state index contributed by atoms with van der Waals surface area (Å²) in [7, 11) is 0. The molecule has 0 radical (unpaired) electrons. The van der Waals surface area contributed by atoms with Gasteiger partial charge in [-0.3, -0.25) is 4.79 Å². The van der Waals surface area contributed by atoms with Crippen LogP contribution >= 0.6 is 0 Å². The molecule has 1 heterocycles. The molecule has 0 aromatic rings. The molecule has 0 saturated carbocycles. The molecule has 1 rings (SSSR count). The Labute approximate surface area is 178 Å². The highest BCUT2D eigenvalue weighted by Crippen LogP contribution is 2.39. The molecule has 0 aliphatic carbocycles. The minimum absolute atomic E-state index is 0.569. The molecule has 0 aromatic heterocycles. The van der Waals surface area contributed by atoms with E-state index >= 15 is 0 Å². The smallest absolute Gasteiger partial charge is 0.330 e. The van der Waals surface area contributed by atoms with Gasteiger partial charge in [0.1, 0.15) is 11.7 Å². The monoisotopic (exact) mass is 430 g/mol. The maximum absolute atomic E-state index is 12.2. The van der Waals surface area contributed by atoms with E-state index in [-0.39, 0.29) is 0 Å². The summed E-state index contributed by atoms with van der Waals surface area (Å²) < 4.78 is 11.2. The molecule has 30 heavy (non-hydrogen) atoms. The van der Waals surface area contributed by atoms with Gasteiger partial charge in [0.15, 0.2) is 0 Å². The predicted molar refractivity (Wildman–Crippen MR) is 111 cm³/mol. The van der Waals surface area contributed by atoms with Crippen LogP contribution in [0.5, 0.6) is 0 Å². The first kappa shape index (κ1) is 26.6. The molecule has 8 atom stereocenters. The maximum atomic E-state index is 12.2. The Bertz CT molecular complexity index is 592. The molecule has 174 valence electrons. The normalized spacial score (nSPS) is 32.5. The lowest BCUT2D eigenvalue weighted by molar-refractivity contribution is -0.276. The van der Waals surface area contributed by atoms with Crippen LogP contribution in [-0.4, -0.2) is 68.5 Å². The van der Waals surface area contributed by atoms with Crippen molar-refractivity contribution in [3.63, 3.8) is 0 Å². The SMILES string of the molecule is CCCCCCC(O)C=CC(=O)OC1C(C)OC(C)(C(O)C(C)C(=O)O)C(O)C1C. The van der Waals surface area contributed by atoms with Gasteiger partial charge in [-0.2, -0.15) is 0 Å². The van der Waals surface area contributed by atoms with Crippen molar-refractivity contribution in [2.75, 3.05) is 0 Å². The number of unbranched alkanes of at least 4 members (excludes halogenated alkanes) is 3. The molecule has 1 aliphatic rings. The van der Waals surface area contributed by atoms with Crippen LogP contribution in [0.15, 0.2) is 12.2 Å². The minimum Gasteiger partial charge on any atom is -0.481 e. The van der Waals surface area contributed by atoms with Crippen molar-refractivity contribution in [2.45, 2.75) is 103 Å². The van der Waals surface area contributed by atoms with Crippen LogP contribution in [0.1, 0.15) is 66.7 Å². The second-order valence-corrected chi connectivity index (χ2v) is 8.56. The zero-order chi connectivity index (χ0) is 23.1. The number of ether oxygens (including phenoxy) is 2. The first-order valence-electron chi connectivity index (χ1n) is 10.8. The number of esters is 1. The summed E-state index contributed by atoms with van der Waals surface area (Å²) in [5, 5.41) is 40.3. The fourth-order valence-electron chi connectivity index (χ4n) is 3.99. The van der Waals surface area contributed by atoms with Crippen molar-refractivity contribution < 1.29 is 39.5 Å². The number of hydrogen-bond acceptors (Lipinski definition) is 7. The summed E-state index contributed by atoms with van der Waals surface area (Å²) in [5.74, 6) is -3.62. The molecule has 4 N–H and O–H groups in total. The number of carbonyl (C=O) groups is 2. The van der Waals surface area contributed by atoms with Gasteiger partial charge in [0.2, 0.25) is 0 Å². The Morgan fingerprint density at radius 3 is 2.40 bits per heavy atom. The third kappa shape index (κ3) is 6.77. The van der Waals surface area contributed by atoms with E-state index in [0.29, 0.717) is 6.42 Å². The molecule has 0 bridgehead atoms. The summed E-state index contributed by atoms with van der Waals surface area (Å²) in [5.41, 5.74) is -1.52. The van der Waals surface area contributed by atoms with E-state index in [1.807, 2.05) is 0 Å². The maximum Gasteiger partial charge on any atom is 0.330 e. The van der Waals surface area contributed by atoms with Crippen LogP contribution in [0.4, 0.5) is 0 Å². The zero-order valence-corrected chi connectivity index (χ0v) is 18.7. The number of carboxylic acid groups (broad SMARTS) is 1. The summed E-state index contributed by atoms with van der Waals surface area (Å²) in [6.07, 6.45) is 2.35. The number of aliphatic carboxylic acids is 1. The molecule has 0 aromatic carbocycles. The third-order valence-electron chi connectivity index (χ3n) is 6.02. The van der Waals surface area contributed by atoms with Crippen molar-refractivity contribution >= 4 is 11.9 Å². The molecule has 0 amide bonds. The Morgan fingerprint density at radius 1 is 1.20 bits per heavy atom. The van der Waals surface area contributed by atoms with E-state index in [2.05, 4.69) is 6.92 Å². The van der Waals surface area contributed by atoms with Gasteiger partial charge in [-0.15, -0.1) is 0 Å². The summed E-state index contributed by atoms with van der Waals surface area (Å²) in [6.45, 7) is 8.21. The average Bonchev–Trinajstić information content (AvgIpc) is 2.70. The molecule has 8 nitrogen and oxygen atoms in total. The zero-order valence-electron chi connectivity index (χ0n) is 18.7. The lowest BCUT2D eigenvalue weighted by Crippen LogP contribution is -2.65. The van der Waals surface area contributed by atoms with E-state index in [1.54, 1.807) is 13.8 Å². The van der Waals surface area contributed by atoms with E-state index in [9.17, 15) is 30.0 Å². The highest BCUT2D eigenvalue weighted by atomic mass is 16.6. The van der Waals surface area contributed by atoms with E-state index < -0.39 is 59.9 Å². The predicted octanol–water partition coefficient (Wildman–Crippen LogP) is 2.04. The average molecular weight is 431 g/mol. The summed E-state index contributed by atoms with van der Waals surface area (Å²) >= 11 is 0. The standard InChI is InChI=1S/C22H38O8/c1-6-7-8-9-10-16(23)11-12-17(24)29-18-13(2)19(25)22(5,30-15(18)4)20(26)14(3)21(27)28/h11-16,18-20,23,25-26H,6-10H2,1-5H3,(H,27,28). The van der Waals surface area contributed by atoms with Crippen LogP contribution < -0.4 is 0 Å². The Kier molecular flexibility index (Phi) is 10.4. The highest BCUT2D eigenvalue weighted by Gasteiger charge is 2.55. The largest absolute Gasteiger partial charge is 0.481 e. The fraction of sp³-hybridized carbons (Fsp3) is 0.818. The Morgan fingerprint density at radius 2 is 1.83 bits per heavy atom. The van der Waals surface area contributed by atoms with Crippen LogP contribution in [0.25, 0.3) is 0 Å². The molecule has 1 saturated heterocycles. The van der Waals surface area contributed by atoms with E-state index in [0.717, 1.165) is 25.7 Å². The van der Waals surface area contributed by atoms with Gasteiger partial charge in [-0.05, 0) is 33.3 Å². The van der Waals surface area contributed by atoms with Gasteiger partial charge < -0.3 is 29.9 Å². The second kappa shape index (κ2) is 11.8. The van der Waals surface area contributed by atoms with Crippen LogP contribution in [0, 0.1) is 11.8 Å². The number of aliphatic hydroxyl groups excluding tert-OH is 3. The van der Waals surface area contributed by atoms with Crippen molar-refractivity contribution in [1.29, 1.82) is 0 Å². The molecule has 8 heteroatoms. The second-order valence-electron chi connectivity index (χ2n) is 8.56. The number of hydrogen-bond donors (Lipinski definition) is 4. The van der Waals surface area contributed by atoms with Gasteiger partial charge in [-0.1, -0.05) is 39.5 Å². The van der Waals surface area contributed by atoms with Crippen molar-refractivity contribution in [2.24, 2.45) is 11.8 Å². The Balaban J connectivity index is 2.72. The van der Waals surface area contributed by atoms with Gasteiger partial charge in [0.05, 0.1) is 30.3 Å². The summed E-state index contributed by atoms with van der Waals surface area (Å²) in [6, 6.07) is 0. The Hall–Kier alpha value is -1.48. The van der Waals surface area contributed by atoms with Crippen LogP contribution in [0.3, 0.4) is 0 Å². The summed E-state index contributed by atoms with van der Waals surface area (Å²) in [4.78, 5) is 23.4. The van der Waals surface area contributed by atoms with Gasteiger partial charge in [-0.25, -0.2) is 4.79 Å². The van der Waals surface area contributed by atoms with Gasteiger partial charge >= 0.3 is 11.9 Å². The number of carbonyl (C=O) groups excluding carboxylic acids is 1. The first-order chi connectivity index (χ1) is 14.0. The molecule has 8 unspecified atom stereocenters. The van der Waals surface area contributed by atoms with E-state index in [4.69, 9.17) is 9.47 Å². The quantitative estimate of drug-likeness (QED) is 0.222. The molecule has 1 aliphatic heterocycles. The lowest BCUT2D eigenvalue weighted by atomic mass is 9.75. The van der Waals surface area contributed by atoms with Gasteiger partial charge in [0.25, 0.3) is 0 Å². The van der Waals surface area contributed by atoms with Crippen molar-refractivity contribution in [1.82, 2.24) is 0 Å². The fourth-order valence-corrected chi connectivity index (χ4v) is 3.99. The molecular weight excluding hydrogens is 392 g/mol. The third-order valence-corrected chi connectivity index (χ3v) is 6.02. The lowest BCUT2D eigenvalue weighted by Gasteiger charge is -2.50. The topological polar surface area (TPSA) is 134 Å². The number of carboxylic acids is 1. The number of aliphatic hydroxyl groups is 3. The molecular formula is C22H38O8. The van der Waals surface area contributed by atoms with Crippen LogP contribution in [0.2, 0.25) is 0 Å². The van der Waals surface area contributed by atoms with E-state index in [1.165, 1.54) is 26.0 Å². The highest BCUT2D eigenvalue weighted by molar-refractivity contribution is 5.82.